The highest BCUT2D eigenvalue weighted by atomic mass is 32.1. The Morgan fingerprint density at radius 1 is 1.26 bits per heavy atom. The highest BCUT2D eigenvalue weighted by Crippen LogP contribution is 2.25. The summed E-state index contributed by atoms with van der Waals surface area (Å²) < 4.78 is 5.83. The average molecular weight is 332 g/mol. The molecule has 0 aromatic carbocycles. The molecular formula is C16H20N4O2S. The second-order valence-electron chi connectivity index (χ2n) is 5.74. The van der Waals surface area contributed by atoms with Gasteiger partial charge in [0.25, 0.3) is 5.91 Å². The Kier molecular flexibility index (Phi) is 4.41. The lowest BCUT2D eigenvalue weighted by molar-refractivity contribution is -0.0247. The number of ether oxygens (including phenoxy) is 1. The van der Waals surface area contributed by atoms with E-state index in [1.807, 2.05) is 38.7 Å². The van der Waals surface area contributed by atoms with Gasteiger partial charge in [-0.3, -0.25) is 4.79 Å². The first kappa shape index (κ1) is 16.0. The van der Waals surface area contributed by atoms with Gasteiger partial charge >= 0.3 is 0 Å². The maximum Gasteiger partial charge on any atom is 0.266 e. The monoisotopic (exact) mass is 332 g/mol. The molecule has 0 aliphatic carbocycles. The fraction of sp³-hybridized carbons (Fsp3) is 0.500. The zero-order chi connectivity index (χ0) is 16.6. The van der Waals surface area contributed by atoms with E-state index in [9.17, 15) is 4.79 Å². The van der Waals surface area contributed by atoms with Crippen LogP contribution in [0.5, 0.6) is 0 Å². The first-order valence-corrected chi connectivity index (χ1v) is 8.43. The third kappa shape index (κ3) is 3.40. The number of hydrogen-bond donors (Lipinski definition) is 0. The first-order valence-electron chi connectivity index (χ1n) is 7.61. The van der Waals surface area contributed by atoms with Gasteiger partial charge in [-0.1, -0.05) is 0 Å². The van der Waals surface area contributed by atoms with Crippen LogP contribution in [0.4, 0.5) is 0 Å². The maximum absolute atomic E-state index is 12.8. The Labute approximate surface area is 139 Å². The molecule has 1 saturated heterocycles. The SMILES string of the molecule is Cc1cc([C@H]2CN(C(=O)c3sc(C)nc3C)CCO2)nc(C)n1. The smallest absolute Gasteiger partial charge is 0.266 e. The van der Waals surface area contributed by atoms with Crippen LogP contribution in [0, 0.1) is 27.7 Å². The highest BCUT2D eigenvalue weighted by molar-refractivity contribution is 7.13. The maximum atomic E-state index is 12.8. The first-order chi connectivity index (χ1) is 10.9. The van der Waals surface area contributed by atoms with Gasteiger partial charge in [0.2, 0.25) is 0 Å². The van der Waals surface area contributed by atoms with Gasteiger partial charge in [0.15, 0.2) is 0 Å². The number of thiazole rings is 1. The fourth-order valence-corrected chi connectivity index (χ4v) is 3.68. The Balaban J connectivity index is 1.80. The van der Waals surface area contributed by atoms with Crippen molar-refractivity contribution in [1.29, 1.82) is 0 Å². The molecule has 0 radical (unpaired) electrons. The van der Waals surface area contributed by atoms with Crippen molar-refractivity contribution in [2.75, 3.05) is 19.7 Å². The Bertz CT molecular complexity index is 723. The van der Waals surface area contributed by atoms with Gasteiger partial charge in [-0.25, -0.2) is 15.0 Å². The summed E-state index contributed by atoms with van der Waals surface area (Å²) in [5.74, 6) is 0.755. The summed E-state index contributed by atoms with van der Waals surface area (Å²) in [4.78, 5) is 28.4. The largest absolute Gasteiger partial charge is 0.368 e. The lowest BCUT2D eigenvalue weighted by Crippen LogP contribution is -2.42. The second-order valence-corrected chi connectivity index (χ2v) is 6.94. The lowest BCUT2D eigenvalue weighted by atomic mass is 10.1. The molecule has 1 aliphatic rings. The molecule has 7 heteroatoms. The van der Waals surface area contributed by atoms with Crippen LogP contribution in [-0.2, 0) is 4.74 Å². The molecule has 2 aromatic rings. The fourth-order valence-electron chi connectivity index (χ4n) is 2.80. The number of amides is 1. The van der Waals surface area contributed by atoms with Crippen LogP contribution in [-0.4, -0.2) is 45.5 Å². The molecule has 2 aromatic heterocycles. The summed E-state index contributed by atoms with van der Waals surface area (Å²) in [7, 11) is 0. The summed E-state index contributed by atoms with van der Waals surface area (Å²) in [6.45, 7) is 9.21. The Hall–Kier alpha value is -1.86. The number of carbonyl (C=O) groups excluding carboxylic acids is 1. The number of hydrogen-bond acceptors (Lipinski definition) is 6. The second kappa shape index (κ2) is 6.33. The molecule has 1 atom stereocenters. The van der Waals surface area contributed by atoms with Crippen molar-refractivity contribution in [3.05, 3.63) is 38.9 Å². The minimum absolute atomic E-state index is 0.0314. The van der Waals surface area contributed by atoms with Crippen molar-refractivity contribution < 1.29 is 9.53 Å². The summed E-state index contributed by atoms with van der Waals surface area (Å²) in [5, 5.41) is 0.915. The van der Waals surface area contributed by atoms with Crippen molar-refractivity contribution in [1.82, 2.24) is 19.9 Å². The van der Waals surface area contributed by atoms with Gasteiger partial charge in [-0.15, -0.1) is 11.3 Å². The van der Waals surface area contributed by atoms with Crippen LogP contribution in [0.15, 0.2) is 6.07 Å². The van der Waals surface area contributed by atoms with Gasteiger partial charge in [-0.2, -0.15) is 0 Å². The molecule has 23 heavy (non-hydrogen) atoms. The predicted octanol–water partition coefficient (Wildman–Crippen LogP) is 2.38. The molecule has 0 bridgehead atoms. The van der Waals surface area contributed by atoms with Crippen molar-refractivity contribution >= 4 is 17.2 Å². The van der Waals surface area contributed by atoms with Crippen molar-refractivity contribution in [2.24, 2.45) is 0 Å². The third-order valence-electron chi connectivity index (χ3n) is 3.77. The highest BCUT2D eigenvalue weighted by Gasteiger charge is 2.29. The van der Waals surface area contributed by atoms with Crippen LogP contribution < -0.4 is 0 Å². The zero-order valence-electron chi connectivity index (χ0n) is 13.8. The van der Waals surface area contributed by atoms with Gasteiger partial charge in [0.05, 0.1) is 29.5 Å². The quantitative estimate of drug-likeness (QED) is 0.844. The summed E-state index contributed by atoms with van der Waals surface area (Å²) >= 11 is 1.45. The lowest BCUT2D eigenvalue weighted by Gasteiger charge is -2.32. The number of rotatable bonds is 2. The zero-order valence-corrected chi connectivity index (χ0v) is 14.6. The average Bonchev–Trinajstić information content (AvgIpc) is 2.84. The third-order valence-corrected chi connectivity index (χ3v) is 4.83. The van der Waals surface area contributed by atoms with E-state index < -0.39 is 0 Å². The molecule has 1 fully saturated rings. The van der Waals surface area contributed by atoms with Crippen LogP contribution in [0.3, 0.4) is 0 Å². The number of aromatic nitrogens is 3. The number of aryl methyl sites for hydroxylation is 4. The van der Waals surface area contributed by atoms with Crippen LogP contribution >= 0.6 is 11.3 Å². The van der Waals surface area contributed by atoms with Gasteiger partial charge in [0, 0.05) is 12.2 Å². The molecule has 0 spiro atoms. The normalized spacial score (nSPS) is 18.3. The molecular weight excluding hydrogens is 312 g/mol. The number of morpholine rings is 1. The number of carbonyl (C=O) groups is 1. The number of nitrogens with zero attached hydrogens (tertiary/aromatic N) is 4. The topological polar surface area (TPSA) is 68.2 Å². The van der Waals surface area contributed by atoms with E-state index in [2.05, 4.69) is 15.0 Å². The van der Waals surface area contributed by atoms with Crippen LogP contribution in [0.25, 0.3) is 0 Å². The van der Waals surface area contributed by atoms with Gasteiger partial charge in [-0.05, 0) is 33.8 Å². The molecule has 3 heterocycles. The molecule has 0 saturated carbocycles. The van der Waals surface area contributed by atoms with E-state index in [4.69, 9.17) is 4.74 Å². The minimum Gasteiger partial charge on any atom is -0.368 e. The Morgan fingerprint density at radius 2 is 2.04 bits per heavy atom. The summed E-state index contributed by atoms with van der Waals surface area (Å²) in [6, 6.07) is 1.92. The predicted molar refractivity (Wildman–Crippen MR) is 87.7 cm³/mol. The molecule has 1 aliphatic heterocycles. The molecule has 122 valence electrons. The van der Waals surface area contributed by atoms with E-state index >= 15 is 0 Å². The summed E-state index contributed by atoms with van der Waals surface area (Å²) in [5.41, 5.74) is 2.55. The van der Waals surface area contributed by atoms with Crippen molar-refractivity contribution in [3.63, 3.8) is 0 Å². The van der Waals surface area contributed by atoms with Crippen molar-refractivity contribution in [3.8, 4) is 0 Å². The van der Waals surface area contributed by atoms with Crippen molar-refractivity contribution in [2.45, 2.75) is 33.8 Å². The van der Waals surface area contributed by atoms with E-state index in [1.54, 1.807) is 0 Å². The Morgan fingerprint density at radius 3 is 2.70 bits per heavy atom. The minimum atomic E-state index is -0.206. The molecule has 0 unspecified atom stereocenters. The van der Waals surface area contributed by atoms with Gasteiger partial charge < -0.3 is 9.64 Å². The standard InChI is InChI=1S/C16H20N4O2S/c1-9-7-13(19-11(3)17-9)14-8-20(5-6-22-14)16(21)15-10(2)18-12(4)23-15/h7,14H,5-6,8H2,1-4H3/t14-/m1/s1. The molecule has 1 amide bonds. The van der Waals surface area contributed by atoms with E-state index in [-0.39, 0.29) is 12.0 Å². The summed E-state index contributed by atoms with van der Waals surface area (Å²) in [6.07, 6.45) is -0.206. The molecule has 0 N–H and O–H groups in total. The molecule has 6 nitrogen and oxygen atoms in total. The van der Waals surface area contributed by atoms with Gasteiger partial charge in [0.1, 0.15) is 16.8 Å². The van der Waals surface area contributed by atoms with Crippen LogP contribution in [0.2, 0.25) is 0 Å². The van der Waals surface area contributed by atoms with E-state index in [0.29, 0.717) is 19.7 Å². The molecule has 3 rings (SSSR count). The van der Waals surface area contributed by atoms with Crippen LogP contribution in [0.1, 0.15) is 43.7 Å². The van der Waals surface area contributed by atoms with E-state index in [0.717, 1.165) is 32.8 Å². The van der Waals surface area contributed by atoms with E-state index in [1.165, 1.54) is 11.3 Å².